The third-order valence-corrected chi connectivity index (χ3v) is 1.58. The highest BCUT2D eigenvalue weighted by Crippen LogP contribution is 1.94. The molecule has 5 heteroatoms. The fraction of sp³-hybridized carbons (Fsp3) is 0.222. The fourth-order valence-corrected chi connectivity index (χ4v) is 0.790. The summed E-state index contributed by atoms with van der Waals surface area (Å²) in [5.41, 5.74) is 5.01. The average Bonchev–Trinajstić information content (AvgIpc) is 2.26. The molecule has 2 N–H and O–H groups in total. The van der Waals surface area contributed by atoms with Crippen molar-refractivity contribution in [1.29, 1.82) is 0 Å². The van der Waals surface area contributed by atoms with Crippen LogP contribution in [-0.2, 0) is 4.79 Å². The minimum atomic E-state index is -0.353. The van der Waals surface area contributed by atoms with Gasteiger partial charge in [-0.25, -0.2) is 0 Å². The van der Waals surface area contributed by atoms with Crippen LogP contribution in [0, 0.1) is 0 Å². The number of hydrogen-bond acceptors (Lipinski definition) is 3. The summed E-state index contributed by atoms with van der Waals surface area (Å²) < 4.78 is 0. The molecule has 0 aliphatic heterocycles. The second-order valence-electron chi connectivity index (χ2n) is 2.59. The minimum Gasteiger partial charge on any atom is -0.273 e. The predicted octanol–water partition coefficient (Wildman–Crippen LogP) is 0.253. The zero-order valence-electron chi connectivity index (χ0n) is 7.78. The van der Waals surface area contributed by atoms with E-state index in [0.717, 1.165) is 0 Å². The molecule has 0 aliphatic rings. The average molecular weight is 193 g/mol. The summed E-state index contributed by atoms with van der Waals surface area (Å²) in [5.74, 6) is -0.582. The first kappa shape index (κ1) is 10.2. The van der Waals surface area contributed by atoms with E-state index in [0.29, 0.717) is 12.0 Å². The largest absolute Gasteiger partial charge is 0.273 e. The van der Waals surface area contributed by atoms with E-state index in [4.69, 9.17) is 0 Å². The molecule has 1 aromatic heterocycles. The van der Waals surface area contributed by atoms with Gasteiger partial charge in [0.05, 0.1) is 0 Å². The first-order chi connectivity index (χ1) is 6.74. The SMILES string of the molecule is CCC(=O)NNC(=O)c1ccncc1. The summed E-state index contributed by atoms with van der Waals surface area (Å²) >= 11 is 0. The van der Waals surface area contributed by atoms with Crippen molar-refractivity contribution in [3.63, 3.8) is 0 Å². The van der Waals surface area contributed by atoms with Crippen LogP contribution in [0.5, 0.6) is 0 Å². The highest BCUT2D eigenvalue weighted by atomic mass is 16.2. The maximum atomic E-state index is 11.3. The van der Waals surface area contributed by atoms with Gasteiger partial charge in [0, 0.05) is 24.4 Å². The number of aromatic nitrogens is 1. The van der Waals surface area contributed by atoms with Crippen molar-refractivity contribution >= 4 is 11.8 Å². The fourth-order valence-electron chi connectivity index (χ4n) is 0.790. The summed E-state index contributed by atoms with van der Waals surface area (Å²) in [6, 6.07) is 3.13. The number of amides is 2. The lowest BCUT2D eigenvalue weighted by Gasteiger charge is -2.05. The second-order valence-corrected chi connectivity index (χ2v) is 2.59. The standard InChI is InChI=1S/C9H11N3O2/c1-2-8(13)11-12-9(14)7-3-5-10-6-4-7/h3-6H,2H2,1H3,(H,11,13)(H,12,14). The molecule has 0 unspecified atom stereocenters. The monoisotopic (exact) mass is 193 g/mol. The van der Waals surface area contributed by atoms with Gasteiger partial charge in [0.25, 0.3) is 5.91 Å². The van der Waals surface area contributed by atoms with Crippen LogP contribution >= 0.6 is 0 Å². The van der Waals surface area contributed by atoms with Crippen molar-refractivity contribution in [3.8, 4) is 0 Å². The number of carbonyl (C=O) groups is 2. The number of hydrazine groups is 1. The molecule has 1 heterocycles. The topological polar surface area (TPSA) is 71.1 Å². The molecule has 0 saturated heterocycles. The normalized spacial score (nSPS) is 9.21. The molecule has 1 rings (SSSR count). The second kappa shape index (κ2) is 4.96. The van der Waals surface area contributed by atoms with Crippen LogP contribution in [0.3, 0.4) is 0 Å². The van der Waals surface area contributed by atoms with Crippen LogP contribution in [0.15, 0.2) is 24.5 Å². The minimum absolute atomic E-state index is 0.229. The van der Waals surface area contributed by atoms with E-state index < -0.39 is 0 Å². The Labute approximate surface area is 81.5 Å². The van der Waals surface area contributed by atoms with Crippen LogP contribution in [0.2, 0.25) is 0 Å². The van der Waals surface area contributed by atoms with E-state index in [2.05, 4.69) is 15.8 Å². The predicted molar refractivity (Wildman–Crippen MR) is 50.1 cm³/mol. The lowest BCUT2D eigenvalue weighted by atomic mass is 10.3. The summed E-state index contributed by atoms with van der Waals surface area (Å²) in [6.45, 7) is 1.70. The molecule has 74 valence electrons. The van der Waals surface area contributed by atoms with E-state index in [1.165, 1.54) is 12.4 Å². The molecular formula is C9H11N3O2. The smallest absolute Gasteiger partial charge is 0.269 e. The van der Waals surface area contributed by atoms with Crippen LogP contribution < -0.4 is 10.9 Å². The maximum absolute atomic E-state index is 11.3. The number of hydrogen-bond donors (Lipinski definition) is 2. The molecule has 5 nitrogen and oxygen atoms in total. The highest BCUT2D eigenvalue weighted by molar-refractivity contribution is 5.95. The number of pyridine rings is 1. The van der Waals surface area contributed by atoms with Crippen LogP contribution in [0.1, 0.15) is 23.7 Å². The van der Waals surface area contributed by atoms with E-state index in [-0.39, 0.29) is 11.8 Å². The van der Waals surface area contributed by atoms with Crippen molar-refractivity contribution in [2.75, 3.05) is 0 Å². The molecule has 0 aliphatic carbocycles. The van der Waals surface area contributed by atoms with Gasteiger partial charge in [0.15, 0.2) is 0 Å². The zero-order chi connectivity index (χ0) is 10.4. The first-order valence-electron chi connectivity index (χ1n) is 4.23. The van der Waals surface area contributed by atoms with Gasteiger partial charge in [-0.2, -0.15) is 0 Å². The van der Waals surface area contributed by atoms with Crippen LogP contribution in [-0.4, -0.2) is 16.8 Å². The molecule has 0 bridgehead atoms. The molecule has 0 atom stereocenters. The van der Waals surface area contributed by atoms with Crippen molar-refractivity contribution in [2.45, 2.75) is 13.3 Å². The maximum Gasteiger partial charge on any atom is 0.269 e. The molecule has 0 fully saturated rings. The summed E-state index contributed by atoms with van der Waals surface area (Å²) in [4.78, 5) is 25.9. The Hall–Kier alpha value is -1.91. The molecule has 14 heavy (non-hydrogen) atoms. The van der Waals surface area contributed by atoms with Crippen molar-refractivity contribution < 1.29 is 9.59 Å². The third-order valence-electron chi connectivity index (χ3n) is 1.58. The number of nitrogens with zero attached hydrogens (tertiary/aromatic N) is 1. The van der Waals surface area contributed by atoms with Gasteiger partial charge in [-0.1, -0.05) is 6.92 Å². The van der Waals surface area contributed by atoms with E-state index >= 15 is 0 Å². The Morgan fingerprint density at radius 3 is 2.50 bits per heavy atom. The van der Waals surface area contributed by atoms with Crippen molar-refractivity contribution in [3.05, 3.63) is 30.1 Å². The Kier molecular flexibility index (Phi) is 3.60. The van der Waals surface area contributed by atoms with Gasteiger partial charge in [0.1, 0.15) is 0 Å². The van der Waals surface area contributed by atoms with Gasteiger partial charge in [-0.15, -0.1) is 0 Å². The number of nitrogens with one attached hydrogen (secondary N) is 2. The van der Waals surface area contributed by atoms with Crippen LogP contribution in [0.25, 0.3) is 0 Å². The van der Waals surface area contributed by atoms with Gasteiger partial charge >= 0.3 is 0 Å². The Balaban J connectivity index is 2.48. The van der Waals surface area contributed by atoms with Gasteiger partial charge in [0.2, 0.25) is 5.91 Å². The Morgan fingerprint density at radius 2 is 1.93 bits per heavy atom. The number of carbonyl (C=O) groups excluding carboxylic acids is 2. The Bertz CT molecular complexity index is 324. The molecule has 1 aromatic rings. The van der Waals surface area contributed by atoms with Crippen molar-refractivity contribution in [2.24, 2.45) is 0 Å². The highest BCUT2D eigenvalue weighted by Gasteiger charge is 2.04. The van der Waals surface area contributed by atoms with E-state index in [9.17, 15) is 9.59 Å². The van der Waals surface area contributed by atoms with E-state index in [1.54, 1.807) is 19.1 Å². The third kappa shape index (κ3) is 2.85. The number of rotatable bonds is 2. The summed E-state index contributed by atoms with van der Waals surface area (Å²) in [7, 11) is 0. The van der Waals surface area contributed by atoms with E-state index in [1.807, 2.05) is 0 Å². The molecule has 0 saturated carbocycles. The molecule has 0 radical (unpaired) electrons. The summed E-state index contributed by atoms with van der Waals surface area (Å²) in [5, 5.41) is 0. The molecular weight excluding hydrogens is 182 g/mol. The summed E-state index contributed by atoms with van der Waals surface area (Å²) in [6.07, 6.45) is 3.35. The van der Waals surface area contributed by atoms with Gasteiger partial charge in [-0.3, -0.25) is 25.4 Å². The zero-order valence-corrected chi connectivity index (χ0v) is 7.78. The van der Waals surface area contributed by atoms with Gasteiger partial charge < -0.3 is 0 Å². The quantitative estimate of drug-likeness (QED) is 0.661. The molecule has 0 aromatic carbocycles. The first-order valence-corrected chi connectivity index (χ1v) is 4.23. The van der Waals surface area contributed by atoms with Crippen molar-refractivity contribution in [1.82, 2.24) is 15.8 Å². The van der Waals surface area contributed by atoms with Gasteiger partial charge in [-0.05, 0) is 12.1 Å². The Morgan fingerprint density at radius 1 is 1.29 bits per heavy atom. The lowest BCUT2D eigenvalue weighted by molar-refractivity contribution is -0.121. The molecule has 0 spiro atoms. The lowest BCUT2D eigenvalue weighted by Crippen LogP contribution is -2.41. The van der Waals surface area contributed by atoms with Crippen LogP contribution in [0.4, 0.5) is 0 Å². The molecule has 2 amide bonds.